The van der Waals surface area contributed by atoms with Gasteiger partial charge in [-0.1, -0.05) is 32.9 Å². The normalized spacial score (nSPS) is 32.4. The van der Waals surface area contributed by atoms with Crippen LogP contribution >= 0.6 is 0 Å². The van der Waals surface area contributed by atoms with Gasteiger partial charge in [-0.15, -0.1) is 0 Å². The van der Waals surface area contributed by atoms with Gasteiger partial charge in [-0.25, -0.2) is 0 Å². The largest absolute Gasteiger partial charge is 0.388 e. The van der Waals surface area contributed by atoms with E-state index in [1.54, 1.807) is 0 Å². The zero-order valence-electron chi connectivity index (χ0n) is 19.1. The average Bonchev–Trinajstić information content (AvgIpc) is 3.49. The highest BCUT2D eigenvalue weighted by molar-refractivity contribution is 6.09. The molecule has 2 aliphatic heterocycles. The molecule has 4 nitrogen and oxygen atoms in total. The van der Waals surface area contributed by atoms with Crippen LogP contribution in [0, 0.1) is 22.2 Å². The molecule has 4 bridgehead atoms. The predicted octanol–water partition coefficient (Wildman–Crippen LogP) is 5.57. The Morgan fingerprint density at radius 2 is 1.87 bits per heavy atom. The minimum Gasteiger partial charge on any atom is -0.388 e. The molecular formula is C26H37N3O. The number of carbonyl (C=O) groups is 1. The molecule has 3 aliphatic carbocycles. The molecule has 6 rings (SSSR count). The molecule has 30 heavy (non-hydrogen) atoms. The van der Waals surface area contributed by atoms with Gasteiger partial charge in [-0.2, -0.15) is 0 Å². The zero-order chi connectivity index (χ0) is 21.3. The van der Waals surface area contributed by atoms with Crippen molar-refractivity contribution in [2.75, 3.05) is 12.4 Å². The Hall–Kier alpha value is -1.84. The summed E-state index contributed by atoms with van der Waals surface area (Å²) in [5, 5.41) is 12.5. The molecule has 2 atom stereocenters. The molecule has 5 fully saturated rings. The number of anilines is 1. The van der Waals surface area contributed by atoms with E-state index in [9.17, 15) is 4.79 Å². The van der Waals surface area contributed by atoms with Crippen LogP contribution in [0.25, 0.3) is 0 Å². The fourth-order valence-electron chi connectivity index (χ4n) is 7.10. The molecule has 2 heterocycles. The molecule has 2 saturated heterocycles. The van der Waals surface area contributed by atoms with Crippen molar-refractivity contribution in [3.8, 4) is 0 Å². The van der Waals surface area contributed by atoms with Gasteiger partial charge in [0.05, 0.1) is 0 Å². The number of rotatable bonds is 6. The number of nitrogens with one attached hydrogen (secondary N) is 2. The third-order valence-corrected chi connectivity index (χ3v) is 8.43. The first-order chi connectivity index (χ1) is 14.2. The molecule has 4 heteroatoms. The smallest absolute Gasteiger partial charge is 0.224 e. The van der Waals surface area contributed by atoms with Crippen LogP contribution in [0.4, 0.5) is 5.69 Å². The van der Waals surface area contributed by atoms with E-state index in [2.05, 4.69) is 49.2 Å². The molecule has 1 aromatic rings. The number of hydrogen-bond donors (Lipinski definition) is 2. The van der Waals surface area contributed by atoms with Gasteiger partial charge in [-0.05, 0) is 73.8 Å². The van der Waals surface area contributed by atoms with E-state index in [1.807, 2.05) is 7.05 Å². The molecule has 1 amide bonds. The number of benzene rings is 1. The Morgan fingerprint density at radius 1 is 1.20 bits per heavy atom. The van der Waals surface area contributed by atoms with Crippen LogP contribution < -0.4 is 5.32 Å². The molecule has 5 aliphatic rings. The van der Waals surface area contributed by atoms with Crippen LogP contribution in [0.15, 0.2) is 18.2 Å². The Bertz CT molecular complexity index is 868. The average molecular weight is 408 g/mol. The van der Waals surface area contributed by atoms with Gasteiger partial charge < -0.3 is 15.6 Å². The van der Waals surface area contributed by atoms with Crippen molar-refractivity contribution < 1.29 is 4.79 Å². The van der Waals surface area contributed by atoms with Gasteiger partial charge >= 0.3 is 0 Å². The van der Waals surface area contributed by atoms with Gasteiger partial charge in [0, 0.05) is 47.9 Å². The van der Waals surface area contributed by atoms with Crippen LogP contribution in [0.1, 0.15) is 89.2 Å². The first-order valence-electron chi connectivity index (χ1n) is 11.9. The summed E-state index contributed by atoms with van der Waals surface area (Å²) in [6.07, 6.45) is 8.98. The van der Waals surface area contributed by atoms with Crippen LogP contribution in [0.5, 0.6) is 0 Å². The fraction of sp³-hybridized carbons (Fsp3) is 0.692. The summed E-state index contributed by atoms with van der Waals surface area (Å²) in [5.41, 5.74) is 3.93. The van der Waals surface area contributed by atoms with E-state index in [0.29, 0.717) is 35.5 Å². The Morgan fingerprint density at radius 3 is 2.43 bits per heavy atom. The number of hydrogen-bond acceptors (Lipinski definition) is 3. The van der Waals surface area contributed by atoms with Gasteiger partial charge in [0.1, 0.15) is 0 Å². The van der Waals surface area contributed by atoms with Gasteiger partial charge in [-0.3, -0.25) is 4.79 Å². The van der Waals surface area contributed by atoms with Gasteiger partial charge in [0.15, 0.2) is 0 Å². The first kappa shape index (κ1) is 20.1. The Labute approximate surface area is 181 Å². The van der Waals surface area contributed by atoms with Crippen LogP contribution in [0.3, 0.4) is 0 Å². The molecule has 0 aromatic heterocycles. The third kappa shape index (κ3) is 3.27. The highest BCUT2D eigenvalue weighted by Gasteiger charge is 2.54. The van der Waals surface area contributed by atoms with E-state index in [4.69, 9.17) is 5.41 Å². The van der Waals surface area contributed by atoms with Crippen molar-refractivity contribution >= 4 is 17.3 Å². The SMILES string of the molecule is CNc1cccc(C2CC2)c1C(=N)C(C)(C)CC(=O)N1C2CC3CC1CC(C)(C3)C2. The van der Waals surface area contributed by atoms with Crippen LogP contribution in [0.2, 0.25) is 0 Å². The topological polar surface area (TPSA) is 56.2 Å². The van der Waals surface area contributed by atoms with Gasteiger partial charge in [0.2, 0.25) is 5.91 Å². The maximum absolute atomic E-state index is 13.6. The first-order valence-corrected chi connectivity index (χ1v) is 11.9. The highest BCUT2D eigenvalue weighted by atomic mass is 16.2. The summed E-state index contributed by atoms with van der Waals surface area (Å²) >= 11 is 0. The van der Waals surface area contributed by atoms with Gasteiger partial charge in [0.25, 0.3) is 0 Å². The summed E-state index contributed by atoms with van der Waals surface area (Å²) in [5.74, 6) is 1.68. The fourth-order valence-corrected chi connectivity index (χ4v) is 7.10. The van der Waals surface area contributed by atoms with Crippen LogP contribution in [-0.4, -0.2) is 35.7 Å². The number of piperidine rings is 2. The maximum Gasteiger partial charge on any atom is 0.224 e. The van der Waals surface area contributed by atoms with Crippen molar-refractivity contribution in [3.63, 3.8) is 0 Å². The number of amides is 1. The molecule has 0 radical (unpaired) electrons. The standard InChI is InChI=1S/C26H37N3O/c1-25(2,24(27)23-20(17-8-9-17)6-5-7-21(23)28-4)15-22(30)29-18-10-16-11-19(29)14-26(3,12-16)13-18/h5-7,16-19,27-28H,8-15H2,1-4H3. The second-order valence-corrected chi connectivity index (χ2v) is 11.6. The molecule has 2 unspecified atom stereocenters. The summed E-state index contributed by atoms with van der Waals surface area (Å²) in [7, 11) is 1.93. The summed E-state index contributed by atoms with van der Waals surface area (Å²) < 4.78 is 0. The van der Waals surface area contributed by atoms with Crippen molar-refractivity contribution in [3.05, 3.63) is 29.3 Å². The summed E-state index contributed by atoms with van der Waals surface area (Å²) in [6, 6.07) is 7.21. The van der Waals surface area contributed by atoms with Crippen molar-refractivity contribution in [1.29, 1.82) is 5.41 Å². The lowest BCUT2D eigenvalue weighted by Gasteiger charge is -2.61. The summed E-state index contributed by atoms with van der Waals surface area (Å²) in [6.45, 7) is 6.62. The Balaban J connectivity index is 1.38. The molecule has 162 valence electrons. The number of nitrogens with zero attached hydrogens (tertiary/aromatic N) is 1. The van der Waals surface area contributed by atoms with Crippen molar-refractivity contribution in [2.24, 2.45) is 16.7 Å². The minimum atomic E-state index is -0.480. The molecule has 0 spiro atoms. The second-order valence-electron chi connectivity index (χ2n) is 11.6. The Kier molecular flexibility index (Phi) is 4.57. The van der Waals surface area contributed by atoms with Crippen molar-refractivity contribution in [2.45, 2.75) is 90.1 Å². The van der Waals surface area contributed by atoms with Crippen molar-refractivity contribution in [1.82, 2.24) is 4.90 Å². The van der Waals surface area contributed by atoms with Crippen LogP contribution in [-0.2, 0) is 4.79 Å². The van der Waals surface area contributed by atoms with E-state index >= 15 is 0 Å². The number of carbonyl (C=O) groups excluding carboxylic acids is 1. The quantitative estimate of drug-likeness (QED) is 0.606. The van der Waals surface area contributed by atoms with E-state index in [-0.39, 0.29) is 5.91 Å². The van der Waals surface area contributed by atoms with E-state index < -0.39 is 5.41 Å². The van der Waals surface area contributed by atoms with E-state index in [1.165, 1.54) is 50.5 Å². The molecule has 2 N–H and O–H groups in total. The predicted molar refractivity (Wildman–Crippen MR) is 122 cm³/mol. The minimum absolute atomic E-state index is 0.275. The second kappa shape index (κ2) is 6.83. The molecular weight excluding hydrogens is 370 g/mol. The zero-order valence-corrected chi connectivity index (χ0v) is 19.1. The maximum atomic E-state index is 13.6. The molecule has 3 saturated carbocycles. The lowest BCUT2D eigenvalue weighted by atomic mass is 9.56. The van der Waals surface area contributed by atoms with E-state index in [0.717, 1.165) is 17.2 Å². The highest BCUT2D eigenvalue weighted by Crippen LogP contribution is 2.56. The molecule has 1 aromatic carbocycles. The monoisotopic (exact) mass is 407 g/mol. The lowest BCUT2D eigenvalue weighted by Crippen LogP contribution is -2.63. The third-order valence-electron chi connectivity index (χ3n) is 8.43. The summed E-state index contributed by atoms with van der Waals surface area (Å²) in [4.78, 5) is 15.9. The lowest BCUT2D eigenvalue weighted by molar-refractivity contribution is -0.157.